The number of fused-ring (bicyclic) bond motifs is 3. The average Bonchev–Trinajstić information content (AvgIpc) is 2.55. The third-order valence-electron chi connectivity index (χ3n) is 3.91. The molecule has 0 aliphatic carbocycles. The minimum absolute atomic E-state index is 0.163. The highest BCUT2D eigenvalue weighted by molar-refractivity contribution is 6.32. The zero-order chi connectivity index (χ0) is 14.2. The summed E-state index contributed by atoms with van der Waals surface area (Å²) in [4.78, 5) is 4.50. The second kappa shape index (κ2) is 5.30. The first-order chi connectivity index (χ1) is 10.3. The van der Waals surface area contributed by atoms with Crippen LogP contribution in [0.5, 0.6) is 5.75 Å². The van der Waals surface area contributed by atoms with Crippen LogP contribution < -0.4 is 10.1 Å². The summed E-state index contributed by atoms with van der Waals surface area (Å²) in [7, 11) is 0. The predicted molar refractivity (Wildman–Crippen MR) is 80.6 cm³/mol. The quantitative estimate of drug-likeness (QED) is 0.879. The van der Waals surface area contributed by atoms with Gasteiger partial charge in [-0.2, -0.15) is 0 Å². The van der Waals surface area contributed by atoms with E-state index in [0.717, 1.165) is 41.3 Å². The molecule has 2 aliphatic heterocycles. The number of nitrogens with one attached hydrogen (secondary N) is 1. The fraction of sp³-hybridized carbons (Fsp3) is 0.312. The fourth-order valence-corrected chi connectivity index (χ4v) is 3.15. The van der Waals surface area contributed by atoms with Gasteiger partial charge in [-0.25, -0.2) is 0 Å². The second-order valence-corrected chi connectivity index (χ2v) is 5.67. The Morgan fingerprint density at radius 3 is 3.14 bits per heavy atom. The number of aromatic nitrogens is 1. The van der Waals surface area contributed by atoms with Gasteiger partial charge in [0, 0.05) is 23.9 Å². The maximum atomic E-state index is 6.41. The van der Waals surface area contributed by atoms with Crippen molar-refractivity contribution >= 4 is 11.6 Å². The molecule has 1 fully saturated rings. The van der Waals surface area contributed by atoms with Gasteiger partial charge in [0.1, 0.15) is 12.4 Å². The van der Waals surface area contributed by atoms with Crippen molar-refractivity contribution in [1.82, 2.24) is 10.3 Å². The molecule has 1 unspecified atom stereocenters. The molecule has 0 spiro atoms. The lowest BCUT2D eigenvalue weighted by atomic mass is 9.97. The maximum Gasteiger partial charge on any atom is 0.147 e. The molecule has 108 valence electrons. The van der Waals surface area contributed by atoms with Crippen LogP contribution in [0.3, 0.4) is 0 Å². The van der Waals surface area contributed by atoms with Gasteiger partial charge in [-0.15, -0.1) is 0 Å². The van der Waals surface area contributed by atoms with Crippen LogP contribution in [0.4, 0.5) is 0 Å². The second-order valence-electron chi connectivity index (χ2n) is 5.26. The van der Waals surface area contributed by atoms with Crippen molar-refractivity contribution < 1.29 is 9.47 Å². The maximum absolute atomic E-state index is 6.41. The van der Waals surface area contributed by atoms with E-state index in [1.807, 2.05) is 18.2 Å². The van der Waals surface area contributed by atoms with Gasteiger partial charge in [0.05, 0.1) is 30.0 Å². The molecule has 21 heavy (non-hydrogen) atoms. The zero-order valence-electron chi connectivity index (χ0n) is 11.4. The van der Waals surface area contributed by atoms with Gasteiger partial charge < -0.3 is 14.8 Å². The molecule has 1 N–H and O–H groups in total. The number of rotatable bonds is 1. The largest absolute Gasteiger partial charge is 0.487 e. The third-order valence-corrected chi connectivity index (χ3v) is 4.19. The SMILES string of the molecule is Clc1cc(C2COCCN2)cc2c1OCc1cccnc1-2. The summed E-state index contributed by atoms with van der Waals surface area (Å²) in [5.41, 5.74) is 4.12. The first kappa shape index (κ1) is 13.1. The zero-order valence-corrected chi connectivity index (χ0v) is 12.2. The van der Waals surface area contributed by atoms with Crippen molar-refractivity contribution in [2.45, 2.75) is 12.6 Å². The van der Waals surface area contributed by atoms with Crippen LogP contribution in [-0.2, 0) is 11.3 Å². The Kier molecular flexibility index (Phi) is 3.30. The van der Waals surface area contributed by atoms with Crippen molar-refractivity contribution in [2.24, 2.45) is 0 Å². The van der Waals surface area contributed by atoms with Gasteiger partial charge in [-0.1, -0.05) is 17.7 Å². The average molecular weight is 303 g/mol. The Balaban J connectivity index is 1.82. The molecule has 0 amide bonds. The van der Waals surface area contributed by atoms with E-state index in [1.54, 1.807) is 6.20 Å². The Morgan fingerprint density at radius 2 is 2.29 bits per heavy atom. The standard InChI is InChI=1S/C16H15ClN2O2/c17-13-7-11(14-9-20-5-4-18-14)6-12-15-10(2-1-3-19-15)8-21-16(12)13/h1-3,6-7,14,18H,4-5,8-9H2. The van der Waals surface area contributed by atoms with E-state index < -0.39 is 0 Å². The molecule has 2 aliphatic rings. The van der Waals surface area contributed by atoms with Gasteiger partial charge in [0.25, 0.3) is 0 Å². The topological polar surface area (TPSA) is 43.4 Å². The number of hydrogen-bond acceptors (Lipinski definition) is 4. The summed E-state index contributed by atoms with van der Waals surface area (Å²) in [6.45, 7) is 2.78. The number of pyridine rings is 1. The van der Waals surface area contributed by atoms with Crippen molar-refractivity contribution in [3.8, 4) is 17.0 Å². The minimum Gasteiger partial charge on any atom is -0.487 e. The van der Waals surface area contributed by atoms with Crippen molar-refractivity contribution in [2.75, 3.05) is 19.8 Å². The molecule has 3 heterocycles. The monoisotopic (exact) mass is 302 g/mol. The van der Waals surface area contributed by atoms with Crippen LogP contribution in [0.2, 0.25) is 5.02 Å². The normalized spacial score (nSPS) is 20.3. The first-order valence-electron chi connectivity index (χ1n) is 7.04. The van der Waals surface area contributed by atoms with E-state index in [-0.39, 0.29) is 6.04 Å². The van der Waals surface area contributed by atoms with Crippen LogP contribution >= 0.6 is 11.6 Å². The smallest absolute Gasteiger partial charge is 0.147 e. The number of ether oxygens (including phenoxy) is 2. The van der Waals surface area contributed by atoms with Gasteiger partial charge >= 0.3 is 0 Å². The Bertz CT molecular complexity index is 684. The summed E-state index contributed by atoms with van der Waals surface area (Å²) in [6, 6.07) is 8.19. The number of hydrogen-bond donors (Lipinski definition) is 1. The van der Waals surface area contributed by atoms with E-state index in [0.29, 0.717) is 18.2 Å². The Labute approximate surface area is 128 Å². The van der Waals surface area contributed by atoms with Crippen LogP contribution in [0, 0.1) is 0 Å². The first-order valence-corrected chi connectivity index (χ1v) is 7.42. The third kappa shape index (κ3) is 2.29. The molecule has 0 bridgehead atoms. The lowest BCUT2D eigenvalue weighted by Gasteiger charge is -2.27. The van der Waals surface area contributed by atoms with Gasteiger partial charge in [-0.05, 0) is 23.8 Å². The predicted octanol–water partition coefficient (Wildman–Crippen LogP) is 2.96. The summed E-state index contributed by atoms with van der Waals surface area (Å²) < 4.78 is 11.3. The minimum atomic E-state index is 0.163. The molecule has 1 atom stereocenters. The molecule has 5 heteroatoms. The van der Waals surface area contributed by atoms with E-state index in [4.69, 9.17) is 21.1 Å². The fourth-order valence-electron chi connectivity index (χ4n) is 2.87. The van der Waals surface area contributed by atoms with E-state index in [9.17, 15) is 0 Å². The Morgan fingerprint density at radius 1 is 1.33 bits per heavy atom. The highest BCUT2D eigenvalue weighted by Gasteiger charge is 2.24. The molecule has 0 saturated carbocycles. The number of halogens is 1. The highest BCUT2D eigenvalue weighted by Crippen LogP contribution is 2.42. The van der Waals surface area contributed by atoms with Gasteiger partial charge in [-0.3, -0.25) is 4.98 Å². The molecule has 4 nitrogen and oxygen atoms in total. The molecular weight excluding hydrogens is 288 g/mol. The van der Waals surface area contributed by atoms with Crippen molar-refractivity contribution in [3.05, 3.63) is 46.6 Å². The molecule has 1 aromatic heterocycles. The van der Waals surface area contributed by atoms with Crippen LogP contribution in [-0.4, -0.2) is 24.7 Å². The van der Waals surface area contributed by atoms with Gasteiger partial charge in [0.15, 0.2) is 0 Å². The van der Waals surface area contributed by atoms with E-state index in [1.165, 1.54) is 0 Å². The van der Waals surface area contributed by atoms with Crippen LogP contribution in [0.15, 0.2) is 30.5 Å². The van der Waals surface area contributed by atoms with Crippen LogP contribution in [0.25, 0.3) is 11.3 Å². The van der Waals surface area contributed by atoms with Crippen molar-refractivity contribution in [3.63, 3.8) is 0 Å². The Hall–Kier alpha value is -1.62. The van der Waals surface area contributed by atoms with E-state index in [2.05, 4.69) is 16.4 Å². The highest BCUT2D eigenvalue weighted by atomic mass is 35.5. The summed E-state index contributed by atoms with van der Waals surface area (Å²) in [5.74, 6) is 0.725. The number of benzene rings is 1. The summed E-state index contributed by atoms with van der Waals surface area (Å²) in [5, 5.41) is 4.08. The van der Waals surface area contributed by atoms with E-state index >= 15 is 0 Å². The molecule has 1 saturated heterocycles. The molecule has 0 radical (unpaired) electrons. The number of morpholine rings is 1. The number of nitrogens with zero attached hydrogens (tertiary/aromatic N) is 1. The van der Waals surface area contributed by atoms with Crippen molar-refractivity contribution in [1.29, 1.82) is 0 Å². The molecule has 2 aromatic rings. The molecule has 4 rings (SSSR count). The summed E-state index contributed by atoms with van der Waals surface area (Å²) in [6.07, 6.45) is 1.80. The molecular formula is C16H15ClN2O2. The van der Waals surface area contributed by atoms with Crippen LogP contribution in [0.1, 0.15) is 17.2 Å². The lowest BCUT2D eigenvalue weighted by Crippen LogP contribution is -2.34. The lowest BCUT2D eigenvalue weighted by molar-refractivity contribution is 0.0769. The summed E-state index contributed by atoms with van der Waals surface area (Å²) >= 11 is 6.41. The van der Waals surface area contributed by atoms with Gasteiger partial charge in [0.2, 0.25) is 0 Å². The molecule has 1 aromatic carbocycles.